The number of benzene rings is 2. The number of ether oxygens (including phenoxy) is 1. The summed E-state index contributed by atoms with van der Waals surface area (Å²) in [5.41, 5.74) is 5.03. The van der Waals surface area contributed by atoms with Crippen LogP contribution in [0.15, 0.2) is 46.0 Å². The van der Waals surface area contributed by atoms with Crippen molar-refractivity contribution in [2.45, 2.75) is 6.92 Å². The number of anilines is 1. The molecule has 2 rings (SSSR count). The topological polar surface area (TPSA) is 83.0 Å². The summed E-state index contributed by atoms with van der Waals surface area (Å²) in [6, 6.07) is 11.0. The first-order valence-electron chi connectivity index (χ1n) is 7.18. The van der Waals surface area contributed by atoms with Crippen LogP contribution >= 0.6 is 15.9 Å². The SMILES string of the molecule is COc1c(O)cc(C=NNC(=O)CNc2cccc(C)c2)cc1Br. The maximum absolute atomic E-state index is 11.8. The summed E-state index contributed by atoms with van der Waals surface area (Å²) in [7, 11) is 1.47. The molecule has 0 fully saturated rings. The predicted molar refractivity (Wildman–Crippen MR) is 97.8 cm³/mol. The van der Waals surface area contributed by atoms with Gasteiger partial charge < -0.3 is 15.2 Å². The van der Waals surface area contributed by atoms with Crippen LogP contribution in [0.1, 0.15) is 11.1 Å². The molecule has 0 saturated carbocycles. The summed E-state index contributed by atoms with van der Waals surface area (Å²) in [5, 5.41) is 16.7. The van der Waals surface area contributed by atoms with Gasteiger partial charge in [-0.3, -0.25) is 4.79 Å². The smallest absolute Gasteiger partial charge is 0.259 e. The van der Waals surface area contributed by atoms with E-state index in [1.165, 1.54) is 19.4 Å². The van der Waals surface area contributed by atoms with E-state index in [0.717, 1.165) is 11.3 Å². The predicted octanol–water partition coefficient (Wildman–Crippen LogP) is 3.03. The Morgan fingerprint density at radius 1 is 1.38 bits per heavy atom. The molecule has 1 amide bonds. The van der Waals surface area contributed by atoms with E-state index in [1.807, 2.05) is 31.2 Å². The van der Waals surface area contributed by atoms with E-state index in [0.29, 0.717) is 15.8 Å². The van der Waals surface area contributed by atoms with Gasteiger partial charge in [-0.2, -0.15) is 5.10 Å². The number of nitrogens with zero attached hydrogens (tertiary/aromatic N) is 1. The molecule has 7 heteroatoms. The van der Waals surface area contributed by atoms with Gasteiger partial charge in [-0.05, 0) is 58.2 Å². The third-order valence-electron chi connectivity index (χ3n) is 3.12. The van der Waals surface area contributed by atoms with Crippen LogP contribution in [0.2, 0.25) is 0 Å². The van der Waals surface area contributed by atoms with E-state index in [-0.39, 0.29) is 18.2 Å². The Kier molecular flexibility index (Phi) is 6.20. The molecule has 126 valence electrons. The third-order valence-corrected chi connectivity index (χ3v) is 3.71. The summed E-state index contributed by atoms with van der Waals surface area (Å²) in [6.45, 7) is 2.09. The normalized spacial score (nSPS) is 10.6. The number of rotatable bonds is 6. The van der Waals surface area contributed by atoms with E-state index in [9.17, 15) is 9.90 Å². The zero-order valence-electron chi connectivity index (χ0n) is 13.3. The maximum Gasteiger partial charge on any atom is 0.259 e. The number of carbonyl (C=O) groups excluding carboxylic acids is 1. The lowest BCUT2D eigenvalue weighted by atomic mass is 10.2. The fourth-order valence-corrected chi connectivity index (χ4v) is 2.66. The van der Waals surface area contributed by atoms with Gasteiger partial charge in [-0.15, -0.1) is 0 Å². The van der Waals surface area contributed by atoms with E-state index < -0.39 is 0 Å². The lowest BCUT2D eigenvalue weighted by Gasteiger charge is -2.07. The van der Waals surface area contributed by atoms with Crippen molar-refractivity contribution in [1.82, 2.24) is 5.43 Å². The summed E-state index contributed by atoms with van der Waals surface area (Å²) < 4.78 is 5.63. The van der Waals surface area contributed by atoms with Gasteiger partial charge in [0.1, 0.15) is 0 Å². The van der Waals surface area contributed by atoms with Crippen LogP contribution in [0, 0.1) is 6.92 Å². The third kappa shape index (κ3) is 4.99. The minimum Gasteiger partial charge on any atom is -0.504 e. The number of aryl methyl sites for hydroxylation is 1. The molecule has 0 atom stereocenters. The molecule has 24 heavy (non-hydrogen) atoms. The van der Waals surface area contributed by atoms with Gasteiger partial charge >= 0.3 is 0 Å². The van der Waals surface area contributed by atoms with Crippen molar-refractivity contribution in [2.75, 3.05) is 19.0 Å². The van der Waals surface area contributed by atoms with Gasteiger partial charge in [0.05, 0.1) is 24.3 Å². The van der Waals surface area contributed by atoms with Crippen LogP contribution in [0.25, 0.3) is 0 Å². The molecule has 0 bridgehead atoms. The standard InChI is InChI=1S/C17H18BrN3O3/c1-11-4-3-5-13(6-11)19-10-16(23)21-20-9-12-7-14(18)17(24-2)15(22)8-12/h3-9,19,22H,10H2,1-2H3,(H,21,23). The highest BCUT2D eigenvalue weighted by Gasteiger charge is 2.07. The first kappa shape index (κ1) is 17.8. The maximum atomic E-state index is 11.8. The van der Waals surface area contributed by atoms with Crippen molar-refractivity contribution in [1.29, 1.82) is 0 Å². The second kappa shape index (κ2) is 8.35. The Hall–Kier alpha value is -2.54. The van der Waals surface area contributed by atoms with Crippen molar-refractivity contribution in [3.63, 3.8) is 0 Å². The highest BCUT2D eigenvalue weighted by molar-refractivity contribution is 9.10. The molecule has 0 unspecified atom stereocenters. The van der Waals surface area contributed by atoms with Crippen LogP contribution in [-0.2, 0) is 4.79 Å². The second-order valence-electron chi connectivity index (χ2n) is 5.07. The number of aromatic hydroxyl groups is 1. The van der Waals surface area contributed by atoms with Gasteiger partial charge in [0.15, 0.2) is 11.5 Å². The first-order valence-corrected chi connectivity index (χ1v) is 7.98. The van der Waals surface area contributed by atoms with Crippen LogP contribution < -0.4 is 15.5 Å². The molecule has 2 aromatic rings. The molecule has 0 aliphatic heterocycles. The van der Waals surface area contributed by atoms with Crippen molar-refractivity contribution in [3.8, 4) is 11.5 Å². The summed E-state index contributed by atoms with van der Waals surface area (Å²) in [5.74, 6) is 0.0591. The van der Waals surface area contributed by atoms with Gasteiger partial charge in [0.2, 0.25) is 0 Å². The Balaban J connectivity index is 1.88. The second-order valence-corrected chi connectivity index (χ2v) is 5.93. The quantitative estimate of drug-likeness (QED) is 0.521. The fraction of sp³-hybridized carbons (Fsp3) is 0.176. The van der Waals surface area contributed by atoms with Gasteiger partial charge in [0, 0.05) is 5.69 Å². The number of phenolic OH excluding ortho intramolecular Hbond substituents is 1. The Labute approximate surface area is 148 Å². The average molecular weight is 392 g/mol. The van der Waals surface area contributed by atoms with Crippen molar-refractivity contribution in [2.24, 2.45) is 5.10 Å². The average Bonchev–Trinajstić information content (AvgIpc) is 2.53. The number of hydrogen-bond acceptors (Lipinski definition) is 5. The van der Waals surface area contributed by atoms with E-state index in [1.54, 1.807) is 6.07 Å². The number of methoxy groups -OCH3 is 1. The van der Waals surface area contributed by atoms with Crippen LogP contribution in [-0.4, -0.2) is 30.9 Å². The van der Waals surface area contributed by atoms with Crippen LogP contribution in [0.5, 0.6) is 11.5 Å². The monoisotopic (exact) mass is 391 g/mol. The number of hydrazone groups is 1. The number of amides is 1. The molecule has 0 spiro atoms. The zero-order valence-corrected chi connectivity index (χ0v) is 14.9. The molecule has 3 N–H and O–H groups in total. The van der Waals surface area contributed by atoms with Gasteiger partial charge in [0.25, 0.3) is 5.91 Å². The van der Waals surface area contributed by atoms with Gasteiger partial charge in [-0.1, -0.05) is 12.1 Å². The fourth-order valence-electron chi connectivity index (χ4n) is 2.03. The molecule has 6 nitrogen and oxygen atoms in total. The van der Waals surface area contributed by atoms with E-state index in [2.05, 4.69) is 31.8 Å². The molecule has 0 aliphatic rings. The molecular formula is C17H18BrN3O3. The Morgan fingerprint density at radius 3 is 2.83 bits per heavy atom. The summed E-state index contributed by atoms with van der Waals surface area (Å²) >= 11 is 3.29. The molecule has 0 heterocycles. The molecular weight excluding hydrogens is 374 g/mol. The number of phenols is 1. The molecule has 0 aromatic heterocycles. The van der Waals surface area contributed by atoms with Crippen molar-refractivity contribution in [3.05, 3.63) is 52.0 Å². The summed E-state index contributed by atoms with van der Waals surface area (Å²) in [6.07, 6.45) is 1.44. The van der Waals surface area contributed by atoms with Crippen LogP contribution in [0.4, 0.5) is 5.69 Å². The number of hydrogen-bond donors (Lipinski definition) is 3. The number of halogens is 1. The zero-order chi connectivity index (χ0) is 17.5. The van der Waals surface area contributed by atoms with Crippen LogP contribution in [0.3, 0.4) is 0 Å². The number of carbonyl (C=O) groups is 1. The lowest BCUT2D eigenvalue weighted by molar-refractivity contribution is -0.119. The Bertz CT molecular complexity index is 739. The first-order chi connectivity index (χ1) is 11.5. The van der Waals surface area contributed by atoms with Crippen molar-refractivity contribution < 1.29 is 14.6 Å². The molecule has 0 aliphatic carbocycles. The largest absolute Gasteiger partial charge is 0.504 e. The van der Waals surface area contributed by atoms with E-state index in [4.69, 9.17) is 4.74 Å². The molecule has 0 radical (unpaired) electrons. The summed E-state index contributed by atoms with van der Waals surface area (Å²) in [4.78, 5) is 11.8. The van der Waals surface area contributed by atoms with E-state index >= 15 is 0 Å². The van der Waals surface area contributed by atoms with Gasteiger partial charge in [-0.25, -0.2) is 5.43 Å². The highest BCUT2D eigenvalue weighted by Crippen LogP contribution is 2.34. The Morgan fingerprint density at radius 2 is 2.17 bits per heavy atom. The minimum absolute atomic E-state index is 0.0132. The molecule has 0 saturated heterocycles. The highest BCUT2D eigenvalue weighted by atomic mass is 79.9. The van der Waals surface area contributed by atoms with Crippen molar-refractivity contribution >= 4 is 33.7 Å². The number of nitrogens with one attached hydrogen (secondary N) is 2. The molecule has 2 aromatic carbocycles. The lowest BCUT2D eigenvalue weighted by Crippen LogP contribution is -2.25. The minimum atomic E-state index is -0.274.